The Morgan fingerprint density at radius 3 is 2.27 bits per heavy atom. The average molecular weight is 213 g/mol. The van der Waals surface area contributed by atoms with Crippen LogP contribution in [0, 0.1) is 0 Å². The molecule has 0 rings (SSSR count). The van der Waals surface area contributed by atoms with Crippen molar-refractivity contribution in [2.24, 2.45) is 5.73 Å². The molecule has 0 aromatic rings. The first-order chi connectivity index (χ1) is 7.17. The third-order valence-electron chi connectivity index (χ3n) is 2.52. The van der Waals surface area contributed by atoms with Gasteiger partial charge >= 0.3 is 5.97 Å². The zero-order valence-electron chi connectivity index (χ0n) is 10.1. The number of hydrogen-bond acceptors (Lipinski definition) is 3. The topological polar surface area (TPSA) is 52.3 Å². The highest BCUT2D eigenvalue weighted by Gasteiger charge is 2.09. The van der Waals surface area contributed by atoms with Gasteiger partial charge in [-0.3, -0.25) is 0 Å². The molecule has 0 bridgehead atoms. The predicted molar refractivity (Wildman–Crippen MR) is 62.5 cm³/mol. The van der Waals surface area contributed by atoms with Gasteiger partial charge in [0.15, 0.2) is 0 Å². The maximum Gasteiger partial charge on any atom is 0.333 e. The summed E-state index contributed by atoms with van der Waals surface area (Å²) in [5.74, 6) is -0.175. The zero-order valence-corrected chi connectivity index (χ0v) is 10.1. The van der Waals surface area contributed by atoms with Crippen molar-refractivity contribution in [3.8, 4) is 0 Å². The fraction of sp³-hybridized carbons (Fsp3) is 0.750. The summed E-state index contributed by atoms with van der Waals surface area (Å²) in [5, 5.41) is 0. The number of ether oxygens (including phenoxy) is 1. The number of carbonyl (C=O) groups excluding carboxylic acids is 1. The SMILES string of the molecule is CCC(CC)=C(C)C(=O)OCCCCN. The third kappa shape index (κ3) is 5.57. The van der Waals surface area contributed by atoms with Crippen molar-refractivity contribution in [3.05, 3.63) is 11.1 Å². The Labute approximate surface area is 92.7 Å². The molecule has 0 aromatic carbocycles. The lowest BCUT2D eigenvalue weighted by Crippen LogP contribution is -2.10. The summed E-state index contributed by atoms with van der Waals surface area (Å²) in [6.07, 6.45) is 3.59. The van der Waals surface area contributed by atoms with Gasteiger partial charge in [-0.2, -0.15) is 0 Å². The van der Waals surface area contributed by atoms with E-state index in [1.807, 2.05) is 6.92 Å². The lowest BCUT2D eigenvalue weighted by molar-refractivity contribution is -0.139. The summed E-state index contributed by atoms with van der Waals surface area (Å²) in [4.78, 5) is 11.6. The molecule has 0 aliphatic heterocycles. The van der Waals surface area contributed by atoms with Gasteiger partial charge in [-0.05, 0) is 39.2 Å². The smallest absolute Gasteiger partial charge is 0.333 e. The lowest BCUT2D eigenvalue weighted by Gasteiger charge is -2.08. The first-order valence-corrected chi connectivity index (χ1v) is 5.73. The van der Waals surface area contributed by atoms with Crippen molar-refractivity contribution in [1.82, 2.24) is 0 Å². The van der Waals surface area contributed by atoms with E-state index in [1.165, 1.54) is 5.57 Å². The summed E-state index contributed by atoms with van der Waals surface area (Å²) in [6, 6.07) is 0. The van der Waals surface area contributed by atoms with Crippen molar-refractivity contribution in [3.63, 3.8) is 0 Å². The first kappa shape index (κ1) is 14.2. The van der Waals surface area contributed by atoms with Gasteiger partial charge in [-0.25, -0.2) is 4.79 Å². The Bertz CT molecular complexity index is 216. The third-order valence-corrected chi connectivity index (χ3v) is 2.52. The molecule has 0 amide bonds. The molecule has 0 heterocycles. The molecule has 0 aliphatic carbocycles. The molecular weight excluding hydrogens is 190 g/mol. The minimum atomic E-state index is -0.175. The zero-order chi connectivity index (χ0) is 11.7. The van der Waals surface area contributed by atoms with E-state index in [-0.39, 0.29) is 5.97 Å². The molecule has 0 radical (unpaired) electrons. The Morgan fingerprint density at radius 2 is 1.80 bits per heavy atom. The summed E-state index contributed by atoms with van der Waals surface area (Å²) in [7, 11) is 0. The summed E-state index contributed by atoms with van der Waals surface area (Å²) in [5.41, 5.74) is 7.30. The molecule has 0 spiro atoms. The standard InChI is InChI=1S/C12H23NO2/c1-4-11(5-2)10(3)12(14)15-9-7-6-8-13/h4-9,13H2,1-3H3. The molecule has 0 aromatic heterocycles. The van der Waals surface area contributed by atoms with Crippen LogP contribution >= 0.6 is 0 Å². The predicted octanol–water partition coefficient (Wildman–Crippen LogP) is 2.40. The summed E-state index contributed by atoms with van der Waals surface area (Å²) < 4.78 is 5.14. The largest absolute Gasteiger partial charge is 0.462 e. The second kappa shape index (κ2) is 8.48. The number of nitrogens with two attached hydrogens (primary N) is 1. The molecule has 0 unspecified atom stereocenters. The van der Waals surface area contributed by atoms with Crippen molar-refractivity contribution in [2.75, 3.05) is 13.2 Å². The molecule has 0 aliphatic rings. The van der Waals surface area contributed by atoms with Crippen LogP contribution in [0.4, 0.5) is 0 Å². The van der Waals surface area contributed by atoms with Gasteiger partial charge in [-0.1, -0.05) is 19.4 Å². The fourth-order valence-electron chi connectivity index (χ4n) is 1.44. The average Bonchev–Trinajstić information content (AvgIpc) is 2.25. The Hall–Kier alpha value is -0.830. The Balaban J connectivity index is 4.03. The van der Waals surface area contributed by atoms with E-state index in [2.05, 4.69) is 13.8 Å². The van der Waals surface area contributed by atoms with E-state index in [0.29, 0.717) is 13.2 Å². The molecule has 0 fully saturated rings. The van der Waals surface area contributed by atoms with Gasteiger partial charge in [0.05, 0.1) is 6.61 Å². The number of rotatable bonds is 7. The van der Waals surface area contributed by atoms with Crippen molar-refractivity contribution in [1.29, 1.82) is 0 Å². The van der Waals surface area contributed by atoms with Crippen LogP contribution in [0.2, 0.25) is 0 Å². The Kier molecular flexibility index (Phi) is 8.01. The molecule has 0 saturated carbocycles. The quantitative estimate of drug-likeness (QED) is 0.401. The highest BCUT2D eigenvalue weighted by atomic mass is 16.5. The van der Waals surface area contributed by atoms with Gasteiger partial charge in [0, 0.05) is 5.57 Å². The van der Waals surface area contributed by atoms with Crippen LogP contribution in [0.1, 0.15) is 46.5 Å². The number of hydrogen-bond donors (Lipinski definition) is 1. The second-order valence-electron chi connectivity index (χ2n) is 3.57. The van der Waals surface area contributed by atoms with Gasteiger partial charge in [0.2, 0.25) is 0 Å². The van der Waals surface area contributed by atoms with Gasteiger partial charge < -0.3 is 10.5 Å². The molecular formula is C12H23NO2. The van der Waals surface area contributed by atoms with Crippen LogP contribution in [-0.4, -0.2) is 19.1 Å². The number of esters is 1. The molecule has 0 atom stereocenters. The highest BCUT2D eigenvalue weighted by Crippen LogP contribution is 2.13. The van der Waals surface area contributed by atoms with Crippen LogP contribution in [0.15, 0.2) is 11.1 Å². The molecule has 88 valence electrons. The maximum absolute atomic E-state index is 11.6. The van der Waals surface area contributed by atoms with Crippen LogP contribution in [0.5, 0.6) is 0 Å². The molecule has 3 heteroatoms. The minimum absolute atomic E-state index is 0.175. The van der Waals surface area contributed by atoms with E-state index in [0.717, 1.165) is 31.3 Å². The highest BCUT2D eigenvalue weighted by molar-refractivity contribution is 5.88. The molecule has 15 heavy (non-hydrogen) atoms. The van der Waals surface area contributed by atoms with E-state index in [1.54, 1.807) is 0 Å². The number of allylic oxidation sites excluding steroid dienone is 1. The monoisotopic (exact) mass is 213 g/mol. The number of carbonyl (C=O) groups is 1. The van der Waals surface area contributed by atoms with Gasteiger partial charge in [0.1, 0.15) is 0 Å². The van der Waals surface area contributed by atoms with E-state index < -0.39 is 0 Å². The fourth-order valence-corrected chi connectivity index (χ4v) is 1.44. The Morgan fingerprint density at radius 1 is 1.20 bits per heavy atom. The minimum Gasteiger partial charge on any atom is -0.462 e. The van der Waals surface area contributed by atoms with E-state index in [4.69, 9.17) is 10.5 Å². The van der Waals surface area contributed by atoms with Gasteiger partial charge in [0.25, 0.3) is 0 Å². The van der Waals surface area contributed by atoms with Crippen molar-refractivity contribution in [2.45, 2.75) is 46.5 Å². The second-order valence-corrected chi connectivity index (χ2v) is 3.57. The summed E-state index contributed by atoms with van der Waals surface area (Å²) in [6.45, 7) is 7.09. The lowest BCUT2D eigenvalue weighted by atomic mass is 10.1. The molecule has 0 saturated heterocycles. The van der Waals surface area contributed by atoms with Crippen LogP contribution in [0.25, 0.3) is 0 Å². The van der Waals surface area contributed by atoms with Crippen molar-refractivity contribution >= 4 is 5.97 Å². The molecule has 3 nitrogen and oxygen atoms in total. The van der Waals surface area contributed by atoms with Gasteiger partial charge in [-0.15, -0.1) is 0 Å². The van der Waals surface area contributed by atoms with Crippen LogP contribution in [-0.2, 0) is 9.53 Å². The van der Waals surface area contributed by atoms with Crippen LogP contribution < -0.4 is 5.73 Å². The maximum atomic E-state index is 11.6. The van der Waals surface area contributed by atoms with Crippen LogP contribution in [0.3, 0.4) is 0 Å². The van der Waals surface area contributed by atoms with E-state index >= 15 is 0 Å². The van der Waals surface area contributed by atoms with Crippen molar-refractivity contribution < 1.29 is 9.53 Å². The van der Waals surface area contributed by atoms with E-state index in [9.17, 15) is 4.79 Å². The summed E-state index contributed by atoms with van der Waals surface area (Å²) >= 11 is 0. The number of unbranched alkanes of at least 4 members (excludes halogenated alkanes) is 1. The molecule has 2 N–H and O–H groups in total. The first-order valence-electron chi connectivity index (χ1n) is 5.73. The normalized spacial score (nSPS) is 9.87.